The van der Waals surface area contributed by atoms with Crippen molar-refractivity contribution in [3.8, 4) is 11.3 Å². The van der Waals surface area contributed by atoms with Gasteiger partial charge in [-0.05, 0) is 66.4 Å². The molecule has 0 unspecified atom stereocenters. The first-order valence-corrected chi connectivity index (χ1v) is 9.06. The molecule has 0 aliphatic heterocycles. The van der Waals surface area contributed by atoms with Gasteiger partial charge in [-0.3, -0.25) is 9.59 Å². The highest BCUT2D eigenvalue weighted by molar-refractivity contribution is 5.92. The van der Waals surface area contributed by atoms with Crippen molar-refractivity contribution >= 4 is 22.7 Å². The Morgan fingerprint density at radius 2 is 1.90 bits per heavy atom. The molecule has 1 atom stereocenters. The molecule has 6 nitrogen and oxygen atoms in total. The Balaban J connectivity index is 1.96. The van der Waals surface area contributed by atoms with Gasteiger partial charge in [0.1, 0.15) is 17.7 Å². The zero-order chi connectivity index (χ0) is 21.1. The summed E-state index contributed by atoms with van der Waals surface area (Å²) < 4.78 is 27.8. The lowest BCUT2D eigenvalue weighted by molar-refractivity contribution is -0.128. The molecule has 0 fully saturated rings. The number of aromatic amines is 1. The summed E-state index contributed by atoms with van der Waals surface area (Å²) in [5.74, 6) is -2.13. The summed E-state index contributed by atoms with van der Waals surface area (Å²) in [6.07, 6.45) is 0.221. The van der Waals surface area contributed by atoms with Crippen molar-refractivity contribution < 1.29 is 23.5 Å². The molecule has 8 heteroatoms. The second-order valence-corrected chi connectivity index (χ2v) is 6.86. The van der Waals surface area contributed by atoms with Crippen LogP contribution in [-0.2, 0) is 16.0 Å². The normalized spacial score (nSPS) is 12.1. The van der Waals surface area contributed by atoms with Crippen LogP contribution in [0.4, 0.5) is 8.78 Å². The zero-order valence-electron chi connectivity index (χ0n) is 15.8. The maximum absolute atomic E-state index is 14.5. The van der Waals surface area contributed by atoms with Crippen molar-refractivity contribution in [3.05, 3.63) is 59.2 Å². The van der Waals surface area contributed by atoms with E-state index in [1.165, 1.54) is 18.2 Å². The van der Waals surface area contributed by atoms with Gasteiger partial charge in [0.25, 0.3) is 0 Å². The summed E-state index contributed by atoms with van der Waals surface area (Å²) in [4.78, 5) is 26.4. The van der Waals surface area contributed by atoms with Gasteiger partial charge in [-0.25, -0.2) is 8.78 Å². The minimum atomic E-state index is -1.17. The summed E-state index contributed by atoms with van der Waals surface area (Å²) in [5.41, 5.74) is 8.08. The smallest absolute Gasteiger partial charge is 0.242 e. The van der Waals surface area contributed by atoms with E-state index in [0.717, 1.165) is 5.56 Å². The second kappa shape index (κ2) is 8.40. The molecule has 3 rings (SSSR count). The van der Waals surface area contributed by atoms with Crippen molar-refractivity contribution in [3.63, 3.8) is 0 Å². The average Bonchev–Trinajstić information content (AvgIpc) is 3.03. The van der Waals surface area contributed by atoms with Crippen LogP contribution in [0.5, 0.6) is 0 Å². The highest BCUT2D eigenvalue weighted by atomic mass is 19.1. The molecule has 0 radical (unpaired) electrons. The van der Waals surface area contributed by atoms with E-state index in [4.69, 9.17) is 10.8 Å². The van der Waals surface area contributed by atoms with Gasteiger partial charge in [-0.1, -0.05) is 0 Å². The predicted octanol–water partition coefficient (Wildman–Crippen LogP) is 2.32. The highest BCUT2D eigenvalue weighted by Gasteiger charge is 2.20. The molecule has 0 spiro atoms. The van der Waals surface area contributed by atoms with Gasteiger partial charge in [-0.15, -0.1) is 0 Å². The summed E-state index contributed by atoms with van der Waals surface area (Å²) in [6.45, 7) is 1.17. The number of hydrogen-bond donors (Lipinski definition) is 4. The van der Waals surface area contributed by atoms with E-state index in [9.17, 15) is 18.4 Å². The Hall–Kier alpha value is -3.26. The van der Waals surface area contributed by atoms with Gasteiger partial charge in [-0.2, -0.15) is 0 Å². The molecule has 2 aromatic carbocycles. The number of carbonyl (C=O) groups excluding carboxylic acids is 2. The molecule has 5 N–H and O–H groups in total. The quantitative estimate of drug-likeness (QED) is 0.488. The number of H-pyrrole nitrogens is 1. The van der Waals surface area contributed by atoms with Gasteiger partial charge in [0.05, 0.1) is 12.1 Å². The van der Waals surface area contributed by atoms with E-state index in [2.05, 4.69) is 10.3 Å². The van der Waals surface area contributed by atoms with E-state index in [1.54, 1.807) is 19.1 Å². The Morgan fingerprint density at radius 3 is 2.52 bits per heavy atom. The number of halogens is 2. The monoisotopic (exact) mass is 401 g/mol. The molecule has 1 aromatic heterocycles. The van der Waals surface area contributed by atoms with Crippen LogP contribution in [0, 0.1) is 18.6 Å². The van der Waals surface area contributed by atoms with Crippen molar-refractivity contribution in [1.82, 2.24) is 10.3 Å². The summed E-state index contributed by atoms with van der Waals surface area (Å²) in [5, 5.41) is 12.1. The first-order chi connectivity index (χ1) is 13.8. The number of aromatic nitrogens is 1. The van der Waals surface area contributed by atoms with Crippen LogP contribution >= 0.6 is 0 Å². The van der Waals surface area contributed by atoms with Crippen molar-refractivity contribution in [2.75, 3.05) is 6.61 Å². The number of primary amides is 1. The molecule has 0 aliphatic rings. The fraction of sp³-hybridized carbons (Fsp3) is 0.238. The van der Waals surface area contributed by atoms with Gasteiger partial charge in [0, 0.05) is 17.5 Å². The number of aryl methyl sites for hydroxylation is 2. The lowest BCUT2D eigenvalue weighted by atomic mass is 10.00. The highest BCUT2D eigenvalue weighted by Crippen LogP contribution is 2.33. The molecule has 1 heterocycles. The minimum absolute atomic E-state index is 0.0134. The van der Waals surface area contributed by atoms with Gasteiger partial charge < -0.3 is 21.1 Å². The summed E-state index contributed by atoms with van der Waals surface area (Å²) in [7, 11) is 0. The molecule has 152 valence electrons. The third kappa shape index (κ3) is 4.43. The van der Waals surface area contributed by atoms with Crippen LogP contribution in [0.2, 0.25) is 0 Å². The molecule has 0 saturated heterocycles. The van der Waals surface area contributed by atoms with Crippen LogP contribution in [0.15, 0.2) is 36.4 Å². The number of aliphatic hydroxyl groups excluding tert-OH is 1. The summed E-state index contributed by atoms with van der Waals surface area (Å²) in [6, 6.07) is 7.81. The Morgan fingerprint density at radius 1 is 1.21 bits per heavy atom. The van der Waals surface area contributed by atoms with Crippen LogP contribution in [0.1, 0.15) is 17.5 Å². The van der Waals surface area contributed by atoms with Crippen LogP contribution in [0.25, 0.3) is 22.2 Å². The van der Waals surface area contributed by atoms with E-state index in [1.807, 2.05) is 6.07 Å². The van der Waals surface area contributed by atoms with Crippen LogP contribution in [-0.4, -0.2) is 34.6 Å². The summed E-state index contributed by atoms with van der Waals surface area (Å²) >= 11 is 0. The predicted molar refractivity (Wildman–Crippen MR) is 105 cm³/mol. The molecule has 3 aromatic rings. The van der Waals surface area contributed by atoms with Gasteiger partial charge in [0.15, 0.2) is 0 Å². The molecule has 29 heavy (non-hydrogen) atoms. The van der Waals surface area contributed by atoms with Crippen LogP contribution in [0.3, 0.4) is 0 Å². The number of carbonyl (C=O) groups is 2. The minimum Gasteiger partial charge on any atom is -0.394 e. The number of aliphatic hydroxyl groups is 1. The number of nitrogens with one attached hydrogen (secondary N) is 2. The number of amides is 2. The van der Waals surface area contributed by atoms with Crippen molar-refractivity contribution in [2.24, 2.45) is 5.73 Å². The lowest BCUT2D eigenvalue weighted by Crippen LogP contribution is -2.46. The van der Waals surface area contributed by atoms with Crippen molar-refractivity contribution in [1.29, 1.82) is 0 Å². The standard InChI is InChI=1S/C21H21F2N3O3/c1-11-8-15-14(6-7-18(28)25-17(10-27)21(24)29)19(26-20(15)16(23)9-11)12-2-4-13(22)5-3-12/h2-5,8-9,17,26-27H,6-7,10H2,1H3,(H2,24,29)(H,25,28)/t17-/m1/s1. The fourth-order valence-electron chi connectivity index (χ4n) is 3.28. The third-order valence-electron chi connectivity index (χ3n) is 4.71. The van der Waals surface area contributed by atoms with Gasteiger partial charge in [0.2, 0.25) is 11.8 Å². The molecular formula is C21H21F2N3O3. The Labute approximate surface area is 165 Å². The van der Waals surface area contributed by atoms with E-state index >= 15 is 0 Å². The molecule has 0 aliphatic carbocycles. The zero-order valence-corrected chi connectivity index (χ0v) is 15.8. The maximum atomic E-state index is 14.5. The third-order valence-corrected chi connectivity index (χ3v) is 4.71. The Kier molecular flexibility index (Phi) is 5.93. The number of fused-ring (bicyclic) bond motifs is 1. The molecular weight excluding hydrogens is 380 g/mol. The topological polar surface area (TPSA) is 108 Å². The number of benzene rings is 2. The Bertz CT molecular complexity index is 1060. The number of hydrogen-bond acceptors (Lipinski definition) is 3. The SMILES string of the molecule is Cc1cc(F)c2[nH]c(-c3ccc(F)cc3)c(CCC(=O)N[C@H](CO)C(N)=O)c2c1. The largest absolute Gasteiger partial charge is 0.394 e. The van der Waals surface area contributed by atoms with Crippen LogP contribution < -0.4 is 11.1 Å². The number of nitrogens with two attached hydrogens (primary N) is 1. The van der Waals surface area contributed by atoms with Crippen molar-refractivity contribution in [2.45, 2.75) is 25.8 Å². The van der Waals surface area contributed by atoms with Gasteiger partial charge >= 0.3 is 0 Å². The van der Waals surface area contributed by atoms with E-state index < -0.39 is 36.1 Å². The second-order valence-electron chi connectivity index (χ2n) is 6.86. The first kappa shape index (κ1) is 20.5. The van der Waals surface area contributed by atoms with E-state index in [-0.39, 0.29) is 12.8 Å². The fourth-order valence-corrected chi connectivity index (χ4v) is 3.28. The molecule has 0 saturated carbocycles. The number of rotatable bonds is 7. The first-order valence-electron chi connectivity index (χ1n) is 9.06. The average molecular weight is 401 g/mol. The molecule has 2 amide bonds. The van der Waals surface area contributed by atoms with E-state index in [0.29, 0.717) is 27.7 Å². The molecule has 0 bridgehead atoms. The maximum Gasteiger partial charge on any atom is 0.242 e. The lowest BCUT2D eigenvalue weighted by Gasteiger charge is -2.12.